The zero-order chi connectivity index (χ0) is 13.1. The van der Waals surface area contributed by atoms with E-state index in [9.17, 15) is 4.79 Å². The van der Waals surface area contributed by atoms with Crippen molar-refractivity contribution in [2.24, 2.45) is 5.73 Å². The number of nitrogens with zero attached hydrogens (tertiary/aromatic N) is 3. The van der Waals surface area contributed by atoms with Gasteiger partial charge in [0.1, 0.15) is 12.1 Å². The predicted octanol–water partition coefficient (Wildman–Crippen LogP) is 0.169. The third kappa shape index (κ3) is 2.69. The van der Waals surface area contributed by atoms with Gasteiger partial charge in [0.15, 0.2) is 5.65 Å². The number of amides is 1. The molecule has 0 aliphatic rings. The van der Waals surface area contributed by atoms with Gasteiger partial charge in [-0.2, -0.15) is 0 Å². The molecule has 0 fully saturated rings. The summed E-state index contributed by atoms with van der Waals surface area (Å²) in [6, 6.07) is 1.68. The molecule has 0 aromatic carbocycles. The number of rotatable bonds is 5. The highest BCUT2D eigenvalue weighted by atomic mass is 35.5. The lowest BCUT2D eigenvalue weighted by atomic mass is 10.4. The average Bonchev–Trinajstić information content (AvgIpc) is 2.59. The van der Waals surface area contributed by atoms with Crippen molar-refractivity contribution >= 4 is 34.6 Å². The fourth-order valence-electron chi connectivity index (χ4n) is 1.55. The summed E-state index contributed by atoms with van der Waals surface area (Å²) in [5.74, 6) is -0.189. The summed E-state index contributed by atoms with van der Waals surface area (Å²) in [6.07, 6.45) is 1.52. The van der Waals surface area contributed by atoms with Gasteiger partial charge in [-0.15, -0.1) is 0 Å². The quantitative estimate of drug-likeness (QED) is 0.752. The van der Waals surface area contributed by atoms with Crippen LogP contribution in [-0.4, -0.2) is 33.7 Å². The van der Waals surface area contributed by atoms with Crippen molar-refractivity contribution in [3.05, 3.63) is 17.3 Å². The van der Waals surface area contributed by atoms with Crippen LogP contribution in [0.5, 0.6) is 0 Å². The smallest absolute Gasteiger partial charge is 0.243 e. The molecule has 2 aromatic heterocycles. The molecule has 2 rings (SSSR count). The lowest BCUT2D eigenvalue weighted by Crippen LogP contribution is -2.20. The Hall–Kier alpha value is -1.86. The number of imidazole rings is 1. The maximum Gasteiger partial charge on any atom is 0.243 e. The Labute approximate surface area is 108 Å². The van der Waals surface area contributed by atoms with E-state index in [1.807, 2.05) is 0 Å². The lowest BCUT2D eigenvalue weighted by molar-refractivity contribution is -0.122. The first-order valence-electron chi connectivity index (χ1n) is 5.21. The van der Waals surface area contributed by atoms with Crippen LogP contribution >= 0.6 is 11.6 Å². The largest absolute Gasteiger partial charge is 0.370 e. The number of hydrogen-bond donors (Lipinski definition) is 2. The van der Waals surface area contributed by atoms with Crippen LogP contribution in [0.25, 0.3) is 11.2 Å². The zero-order valence-corrected chi connectivity index (χ0v) is 10.2. The molecule has 0 unspecified atom stereocenters. The first-order chi connectivity index (χ1) is 8.58. The molecule has 0 spiro atoms. The van der Waals surface area contributed by atoms with Gasteiger partial charge in [-0.3, -0.25) is 9.36 Å². The van der Waals surface area contributed by atoms with Crippen LogP contribution in [0.15, 0.2) is 12.3 Å². The zero-order valence-electron chi connectivity index (χ0n) is 9.47. The third-order valence-corrected chi connectivity index (χ3v) is 2.49. The van der Waals surface area contributed by atoms with Crippen LogP contribution in [0.2, 0.25) is 5.02 Å². The summed E-state index contributed by atoms with van der Waals surface area (Å²) in [5, 5.41) is 0.497. The molecule has 0 atom stereocenters. The number of ether oxygens (including phenoxy) is 1. The Morgan fingerprint density at radius 3 is 3.06 bits per heavy atom. The molecule has 0 saturated carbocycles. The number of nitrogens with two attached hydrogens (primary N) is 2. The van der Waals surface area contributed by atoms with E-state index < -0.39 is 5.91 Å². The molecule has 1 amide bonds. The second-order valence-electron chi connectivity index (χ2n) is 3.64. The normalized spacial score (nSPS) is 10.9. The number of nitrogen functional groups attached to an aromatic ring is 1. The van der Waals surface area contributed by atoms with E-state index in [-0.39, 0.29) is 6.61 Å². The maximum atomic E-state index is 10.5. The summed E-state index contributed by atoms with van der Waals surface area (Å²) in [6.45, 7) is 0.610. The predicted molar refractivity (Wildman–Crippen MR) is 67.0 cm³/mol. The molecule has 7 nitrogen and oxygen atoms in total. The SMILES string of the molecule is NC(=O)COCCn1c(N)nc2cc(Cl)cnc21. The molecule has 2 aromatic rings. The van der Waals surface area contributed by atoms with Gasteiger partial charge in [-0.05, 0) is 6.07 Å². The highest BCUT2D eigenvalue weighted by Gasteiger charge is 2.09. The van der Waals surface area contributed by atoms with Crippen molar-refractivity contribution in [2.75, 3.05) is 18.9 Å². The Morgan fingerprint density at radius 1 is 1.56 bits per heavy atom. The van der Waals surface area contributed by atoms with E-state index in [0.717, 1.165) is 0 Å². The number of fused-ring (bicyclic) bond motifs is 1. The molecular formula is C10H12ClN5O2. The number of primary amides is 1. The lowest BCUT2D eigenvalue weighted by Gasteiger charge is -2.05. The van der Waals surface area contributed by atoms with E-state index in [0.29, 0.717) is 35.3 Å². The van der Waals surface area contributed by atoms with Crippen LogP contribution in [0.4, 0.5) is 5.95 Å². The molecule has 18 heavy (non-hydrogen) atoms. The molecule has 2 heterocycles. The minimum Gasteiger partial charge on any atom is -0.370 e. The summed E-state index contributed by atoms with van der Waals surface area (Å²) in [5.41, 5.74) is 12.0. The highest BCUT2D eigenvalue weighted by molar-refractivity contribution is 6.31. The van der Waals surface area contributed by atoms with Crippen LogP contribution < -0.4 is 11.5 Å². The van der Waals surface area contributed by atoms with E-state index in [1.165, 1.54) is 6.20 Å². The van der Waals surface area contributed by atoms with E-state index >= 15 is 0 Å². The van der Waals surface area contributed by atoms with Crippen molar-refractivity contribution in [2.45, 2.75) is 6.54 Å². The summed E-state index contributed by atoms with van der Waals surface area (Å²) < 4.78 is 6.75. The van der Waals surface area contributed by atoms with Gasteiger partial charge in [0, 0.05) is 6.20 Å². The number of anilines is 1. The van der Waals surface area contributed by atoms with Gasteiger partial charge >= 0.3 is 0 Å². The van der Waals surface area contributed by atoms with E-state index in [4.69, 9.17) is 27.8 Å². The second-order valence-corrected chi connectivity index (χ2v) is 4.07. The topological polar surface area (TPSA) is 109 Å². The van der Waals surface area contributed by atoms with Gasteiger partial charge in [-0.25, -0.2) is 9.97 Å². The minimum atomic E-state index is -0.511. The summed E-state index contributed by atoms with van der Waals surface area (Å²) in [7, 11) is 0. The molecule has 96 valence electrons. The number of carbonyl (C=O) groups is 1. The van der Waals surface area contributed by atoms with Crippen molar-refractivity contribution in [1.82, 2.24) is 14.5 Å². The van der Waals surface area contributed by atoms with Gasteiger partial charge in [0.05, 0.1) is 18.2 Å². The van der Waals surface area contributed by atoms with Crippen molar-refractivity contribution in [1.29, 1.82) is 0 Å². The van der Waals surface area contributed by atoms with Crippen molar-refractivity contribution in [3.63, 3.8) is 0 Å². The number of carbonyl (C=O) groups excluding carboxylic acids is 1. The van der Waals surface area contributed by atoms with Crippen molar-refractivity contribution < 1.29 is 9.53 Å². The van der Waals surface area contributed by atoms with Crippen LogP contribution in [0.3, 0.4) is 0 Å². The van der Waals surface area contributed by atoms with Gasteiger partial charge < -0.3 is 16.2 Å². The molecule has 4 N–H and O–H groups in total. The van der Waals surface area contributed by atoms with Crippen molar-refractivity contribution in [3.8, 4) is 0 Å². The first kappa shape index (κ1) is 12.6. The molecule has 0 aliphatic heterocycles. The van der Waals surface area contributed by atoms with Crippen LogP contribution in [-0.2, 0) is 16.1 Å². The maximum absolute atomic E-state index is 10.5. The van der Waals surface area contributed by atoms with Crippen LogP contribution in [0.1, 0.15) is 0 Å². The molecule has 0 saturated heterocycles. The average molecular weight is 270 g/mol. The van der Waals surface area contributed by atoms with Gasteiger partial charge in [0.2, 0.25) is 11.9 Å². The molecular weight excluding hydrogens is 258 g/mol. The number of hydrogen-bond acceptors (Lipinski definition) is 5. The third-order valence-electron chi connectivity index (χ3n) is 2.28. The Bertz CT molecular complexity index is 583. The van der Waals surface area contributed by atoms with Gasteiger partial charge in [0.25, 0.3) is 0 Å². The standard InChI is InChI=1S/C10H12ClN5O2/c11-6-3-7-9(14-4-6)16(10(13)15-7)1-2-18-5-8(12)17/h3-4H,1-2,5H2,(H2,12,17)(H2,13,15). The van der Waals surface area contributed by atoms with E-state index in [1.54, 1.807) is 10.6 Å². The summed E-state index contributed by atoms with van der Waals surface area (Å²) in [4.78, 5) is 18.8. The highest BCUT2D eigenvalue weighted by Crippen LogP contribution is 2.18. The first-order valence-corrected chi connectivity index (χ1v) is 5.59. The van der Waals surface area contributed by atoms with E-state index in [2.05, 4.69) is 9.97 Å². The molecule has 0 bridgehead atoms. The van der Waals surface area contributed by atoms with Gasteiger partial charge in [-0.1, -0.05) is 11.6 Å². The fraction of sp³-hybridized carbons (Fsp3) is 0.300. The second kappa shape index (κ2) is 5.19. The van der Waals surface area contributed by atoms with Crippen LogP contribution in [0, 0.1) is 0 Å². The number of halogens is 1. The minimum absolute atomic E-state index is 0.119. The molecule has 0 aliphatic carbocycles. The number of pyridine rings is 1. The Balaban J connectivity index is 2.12. The number of aromatic nitrogens is 3. The summed E-state index contributed by atoms with van der Waals surface area (Å²) >= 11 is 5.81. The Morgan fingerprint density at radius 2 is 2.33 bits per heavy atom. The Kier molecular flexibility index (Phi) is 3.63. The molecule has 8 heteroatoms. The fourth-order valence-corrected chi connectivity index (χ4v) is 1.71. The molecule has 0 radical (unpaired) electrons. The monoisotopic (exact) mass is 269 g/mol.